The molecule has 130 valence electrons. The second-order valence-electron chi connectivity index (χ2n) is 5.29. The van der Waals surface area contributed by atoms with Crippen molar-refractivity contribution in [2.75, 3.05) is 19.0 Å². The zero-order chi connectivity index (χ0) is 18.2. The average Bonchev–Trinajstić information content (AvgIpc) is 2.64. The van der Waals surface area contributed by atoms with Crippen molar-refractivity contribution >= 4 is 11.4 Å². The Labute approximate surface area is 146 Å². The highest BCUT2D eigenvalue weighted by molar-refractivity contribution is 5.64. The number of rotatable bonds is 8. The maximum Gasteiger partial charge on any atom is 0.293 e. The van der Waals surface area contributed by atoms with Crippen LogP contribution >= 0.6 is 0 Å². The van der Waals surface area contributed by atoms with Crippen LogP contribution in [-0.2, 0) is 6.54 Å². The fourth-order valence-electron chi connectivity index (χ4n) is 2.25. The van der Waals surface area contributed by atoms with E-state index in [0.717, 1.165) is 12.0 Å². The molecule has 2 aromatic rings. The molecular weight excluding hydrogens is 322 g/mol. The molecule has 0 radical (unpaired) electrons. The molecule has 7 heteroatoms. The Morgan fingerprint density at radius 1 is 1.24 bits per heavy atom. The summed E-state index contributed by atoms with van der Waals surface area (Å²) in [5.74, 6) is 1.28. The van der Waals surface area contributed by atoms with Crippen molar-refractivity contribution in [3.8, 4) is 17.6 Å². The molecule has 0 bridgehead atoms. The highest BCUT2D eigenvalue weighted by Gasteiger charge is 2.15. The van der Waals surface area contributed by atoms with Gasteiger partial charge in [-0.1, -0.05) is 13.0 Å². The van der Waals surface area contributed by atoms with Crippen LogP contribution in [0.1, 0.15) is 24.5 Å². The van der Waals surface area contributed by atoms with E-state index in [1.807, 2.05) is 31.2 Å². The lowest BCUT2D eigenvalue weighted by Crippen LogP contribution is -2.04. The van der Waals surface area contributed by atoms with E-state index in [-0.39, 0.29) is 11.3 Å². The van der Waals surface area contributed by atoms with Gasteiger partial charge >= 0.3 is 0 Å². The SMILES string of the molecule is CCCOc1ccc(CNc2ccc(C#N)cc2[N+](=O)[O-])cc1OC. The standard InChI is InChI=1S/C18H19N3O4/c1-3-8-25-17-7-5-14(10-18(17)24-2)12-20-15-6-4-13(11-19)9-16(15)21(22)23/h4-7,9-10,20H,3,8,12H2,1-2H3. The molecule has 2 aromatic carbocycles. The van der Waals surface area contributed by atoms with E-state index in [2.05, 4.69) is 5.32 Å². The molecular formula is C18H19N3O4. The molecule has 0 fully saturated rings. The van der Waals surface area contributed by atoms with Gasteiger partial charge < -0.3 is 14.8 Å². The van der Waals surface area contributed by atoms with E-state index in [1.54, 1.807) is 7.11 Å². The molecule has 0 aliphatic heterocycles. The van der Waals surface area contributed by atoms with Gasteiger partial charge in [-0.05, 0) is 36.2 Å². The van der Waals surface area contributed by atoms with E-state index in [4.69, 9.17) is 14.7 Å². The Hall–Kier alpha value is -3.27. The van der Waals surface area contributed by atoms with Crippen LogP contribution < -0.4 is 14.8 Å². The summed E-state index contributed by atoms with van der Waals surface area (Å²) in [5, 5.41) is 23.1. The number of nitrogens with one attached hydrogen (secondary N) is 1. The third-order valence-corrected chi connectivity index (χ3v) is 3.50. The predicted octanol–water partition coefficient (Wildman–Crippen LogP) is 3.88. The van der Waals surface area contributed by atoms with Crippen molar-refractivity contribution < 1.29 is 14.4 Å². The van der Waals surface area contributed by atoms with Crippen LogP contribution in [-0.4, -0.2) is 18.6 Å². The molecule has 0 saturated carbocycles. The van der Waals surface area contributed by atoms with Crippen LogP contribution in [0.2, 0.25) is 0 Å². The quantitative estimate of drug-likeness (QED) is 0.578. The summed E-state index contributed by atoms with van der Waals surface area (Å²) in [6, 6.07) is 11.7. The first kappa shape index (κ1) is 18.1. The van der Waals surface area contributed by atoms with Gasteiger partial charge in [-0.15, -0.1) is 0 Å². The maximum atomic E-state index is 11.2. The smallest absolute Gasteiger partial charge is 0.293 e. The van der Waals surface area contributed by atoms with E-state index in [0.29, 0.717) is 30.3 Å². The number of nitro groups is 1. The summed E-state index contributed by atoms with van der Waals surface area (Å²) in [6.07, 6.45) is 0.898. The van der Waals surface area contributed by atoms with E-state index in [9.17, 15) is 10.1 Å². The van der Waals surface area contributed by atoms with Crippen molar-refractivity contribution in [2.24, 2.45) is 0 Å². The summed E-state index contributed by atoms with van der Waals surface area (Å²) in [6.45, 7) is 3.00. The van der Waals surface area contributed by atoms with Crippen LogP contribution in [0.25, 0.3) is 0 Å². The molecule has 7 nitrogen and oxygen atoms in total. The number of nitro benzene ring substituents is 1. The fraction of sp³-hybridized carbons (Fsp3) is 0.278. The van der Waals surface area contributed by atoms with Crippen molar-refractivity contribution in [3.63, 3.8) is 0 Å². The normalized spacial score (nSPS) is 9.96. The summed E-state index contributed by atoms with van der Waals surface area (Å²) >= 11 is 0. The minimum Gasteiger partial charge on any atom is -0.493 e. The average molecular weight is 341 g/mol. The first-order valence-corrected chi connectivity index (χ1v) is 7.81. The summed E-state index contributed by atoms with van der Waals surface area (Å²) in [5.41, 5.74) is 1.36. The molecule has 0 amide bonds. The lowest BCUT2D eigenvalue weighted by atomic mass is 10.1. The number of nitrogens with zero attached hydrogens (tertiary/aromatic N) is 2. The van der Waals surface area contributed by atoms with Gasteiger partial charge in [0.05, 0.1) is 30.3 Å². The molecule has 0 aliphatic carbocycles. The van der Waals surface area contributed by atoms with Gasteiger partial charge in [0.2, 0.25) is 0 Å². The zero-order valence-corrected chi connectivity index (χ0v) is 14.1. The Morgan fingerprint density at radius 2 is 2.04 bits per heavy atom. The summed E-state index contributed by atoms with van der Waals surface area (Å²) < 4.78 is 10.9. The first-order chi connectivity index (χ1) is 12.1. The van der Waals surface area contributed by atoms with Crippen LogP contribution in [0, 0.1) is 21.4 Å². The third-order valence-electron chi connectivity index (χ3n) is 3.50. The van der Waals surface area contributed by atoms with Gasteiger partial charge in [0, 0.05) is 12.6 Å². The van der Waals surface area contributed by atoms with Crippen LogP contribution in [0.3, 0.4) is 0 Å². The molecule has 0 atom stereocenters. The minimum absolute atomic E-state index is 0.131. The molecule has 0 heterocycles. The molecule has 0 spiro atoms. The van der Waals surface area contributed by atoms with E-state index in [1.165, 1.54) is 18.2 Å². The molecule has 0 saturated heterocycles. The first-order valence-electron chi connectivity index (χ1n) is 7.81. The van der Waals surface area contributed by atoms with Crippen LogP contribution in [0.4, 0.5) is 11.4 Å². The van der Waals surface area contributed by atoms with Crippen molar-refractivity contribution in [2.45, 2.75) is 19.9 Å². The second-order valence-corrected chi connectivity index (χ2v) is 5.29. The number of hydrogen-bond acceptors (Lipinski definition) is 6. The van der Waals surface area contributed by atoms with E-state index >= 15 is 0 Å². The number of anilines is 1. The molecule has 25 heavy (non-hydrogen) atoms. The monoisotopic (exact) mass is 341 g/mol. The van der Waals surface area contributed by atoms with Gasteiger partial charge in [-0.3, -0.25) is 10.1 Å². The lowest BCUT2D eigenvalue weighted by molar-refractivity contribution is -0.384. The van der Waals surface area contributed by atoms with Gasteiger partial charge in [0.1, 0.15) is 5.69 Å². The molecule has 0 aliphatic rings. The number of ether oxygens (including phenoxy) is 2. The summed E-state index contributed by atoms with van der Waals surface area (Å²) in [4.78, 5) is 10.7. The number of methoxy groups -OCH3 is 1. The van der Waals surface area contributed by atoms with Crippen molar-refractivity contribution in [1.29, 1.82) is 5.26 Å². The Morgan fingerprint density at radius 3 is 2.68 bits per heavy atom. The minimum atomic E-state index is -0.508. The predicted molar refractivity (Wildman–Crippen MR) is 93.9 cm³/mol. The summed E-state index contributed by atoms with van der Waals surface area (Å²) in [7, 11) is 1.57. The lowest BCUT2D eigenvalue weighted by Gasteiger charge is -2.12. The highest BCUT2D eigenvalue weighted by atomic mass is 16.6. The zero-order valence-electron chi connectivity index (χ0n) is 14.1. The Bertz CT molecular complexity index is 799. The van der Waals surface area contributed by atoms with Gasteiger partial charge in [0.25, 0.3) is 5.69 Å². The molecule has 0 aromatic heterocycles. The largest absolute Gasteiger partial charge is 0.493 e. The van der Waals surface area contributed by atoms with Gasteiger partial charge in [0.15, 0.2) is 11.5 Å². The number of benzene rings is 2. The second kappa shape index (κ2) is 8.55. The Kier molecular flexibility index (Phi) is 6.18. The number of nitriles is 1. The topological polar surface area (TPSA) is 97.4 Å². The fourth-order valence-corrected chi connectivity index (χ4v) is 2.25. The van der Waals surface area contributed by atoms with E-state index < -0.39 is 4.92 Å². The van der Waals surface area contributed by atoms with Gasteiger partial charge in [-0.2, -0.15) is 5.26 Å². The van der Waals surface area contributed by atoms with Crippen molar-refractivity contribution in [1.82, 2.24) is 0 Å². The molecule has 0 unspecified atom stereocenters. The van der Waals surface area contributed by atoms with Gasteiger partial charge in [-0.25, -0.2) is 0 Å². The highest BCUT2D eigenvalue weighted by Crippen LogP contribution is 2.30. The number of hydrogen-bond donors (Lipinski definition) is 1. The molecule has 2 rings (SSSR count). The van der Waals surface area contributed by atoms with Crippen LogP contribution in [0.5, 0.6) is 11.5 Å². The third kappa shape index (κ3) is 4.61. The van der Waals surface area contributed by atoms with Crippen LogP contribution in [0.15, 0.2) is 36.4 Å². The molecule has 1 N–H and O–H groups in total. The Balaban J connectivity index is 2.16. The maximum absolute atomic E-state index is 11.2. The van der Waals surface area contributed by atoms with Crippen molar-refractivity contribution in [3.05, 3.63) is 57.6 Å².